The van der Waals surface area contributed by atoms with Crippen LogP contribution in [-0.2, 0) is 9.53 Å². The lowest BCUT2D eigenvalue weighted by molar-refractivity contribution is -0.160. The maximum absolute atomic E-state index is 13.2. The van der Waals surface area contributed by atoms with E-state index in [9.17, 15) is 29.7 Å². The van der Waals surface area contributed by atoms with Crippen molar-refractivity contribution in [2.75, 3.05) is 13.2 Å². The minimum absolute atomic E-state index is 0.0332. The Labute approximate surface area is 174 Å². The van der Waals surface area contributed by atoms with Gasteiger partial charge >= 0.3 is 5.97 Å². The zero-order valence-corrected chi connectivity index (χ0v) is 16.8. The maximum atomic E-state index is 13.2. The second kappa shape index (κ2) is 10.2. The van der Waals surface area contributed by atoms with Crippen LogP contribution in [0.25, 0.3) is 0 Å². The molecule has 0 heterocycles. The van der Waals surface area contributed by atoms with Crippen molar-refractivity contribution in [1.29, 1.82) is 0 Å². The highest BCUT2D eigenvalue weighted by atomic mass is 16.5. The number of unbranched alkanes of at least 4 members (excludes halogenated alkanes) is 1. The van der Waals surface area contributed by atoms with Crippen LogP contribution in [0.1, 0.15) is 46.9 Å². The third-order valence-corrected chi connectivity index (χ3v) is 4.90. The summed E-state index contributed by atoms with van der Waals surface area (Å²) in [7, 11) is 0. The summed E-state index contributed by atoms with van der Waals surface area (Å²) >= 11 is 0. The summed E-state index contributed by atoms with van der Waals surface area (Å²) in [4.78, 5) is 38.6. The van der Waals surface area contributed by atoms with Crippen LogP contribution >= 0.6 is 0 Å². The van der Waals surface area contributed by atoms with Gasteiger partial charge in [-0.05, 0) is 6.42 Å². The molecule has 0 radical (unpaired) electrons. The van der Waals surface area contributed by atoms with Gasteiger partial charge in [-0.25, -0.2) is 0 Å². The number of aliphatic hydroxyl groups excluding tert-OH is 1. The molecule has 0 bridgehead atoms. The van der Waals surface area contributed by atoms with Crippen molar-refractivity contribution < 1.29 is 34.4 Å². The zero-order valence-electron chi connectivity index (χ0n) is 16.8. The molecule has 0 aliphatic carbocycles. The van der Waals surface area contributed by atoms with Gasteiger partial charge in [-0.3, -0.25) is 14.4 Å². The van der Waals surface area contributed by atoms with Crippen molar-refractivity contribution in [3.8, 4) is 0 Å². The fourth-order valence-electron chi connectivity index (χ4n) is 3.05. The van der Waals surface area contributed by atoms with Gasteiger partial charge in [-0.15, -0.1) is 0 Å². The Kier molecular flexibility index (Phi) is 8.00. The highest BCUT2D eigenvalue weighted by molar-refractivity contribution is 6.13. The van der Waals surface area contributed by atoms with Crippen LogP contribution in [0.4, 0.5) is 0 Å². The van der Waals surface area contributed by atoms with Crippen LogP contribution in [-0.4, -0.2) is 57.3 Å². The van der Waals surface area contributed by atoms with E-state index in [1.807, 2.05) is 6.92 Å². The first-order chi connectivity index (χ1) is 14.3. The molecule has 3 N–H and O–H groups in total. The molecular weight excluding hydrogens is 388 g/mol. The summed E-state index contributed by atoms with van der Waals surface area (Å²) in [5, 5.41) is 32.4. The quantitative estimate of drug-likeness (QED) is 0.292. The number of benzene rings is 2. The Balaban J connectivity index is 2.50. The first-order valence-corrected chi connectivity index (χ1v) is 9.71. The molecule has 0 amide bonds. The van der Waals surface area contributed by atoms with Gasteiger partial charge in [-0.2, -0.15) is 0 Å². The van der Waals surface area contributed by atoms with Crippen molar-refractivity contribution in [2.45, 2.75) is 37.4 Å². The minimum atomic E-state index is -2.97. The monoisotopic (exact) mass is 414 g/mol. The van der Waals surface area contributed by atoms with E-state index in [1.165, 1.54) is 48.5 Å². The molecule has 2 atom stereocenters. The van der Waals surface area contributed by atoms with Crippen LogP contribution in [0.2, 0.25) is 0 Å². The second-order valence-corrected chi connectivity index (χ2v) is 7.02. The maximum Gasteiger partial charge on any atom is 0.309 e. The van der Waals surface area contributed by atoms with E-state index in [1.54, 1.807) is 12.1 Å². The highest BCUT2D eigenvalue weighted by Gasteiger charge is 2.60. The molecule has 7 nitrogen and oxygen atoms in total. The number of ketones is 2. The van der Waals surface area contributed by atoms with Gasteiger partial charge in [0.1, 0.15) is 0 Å². The molecule has 2 aromatic rings. The molecular formula is C23H26O7. The van der Waals surface area contributed by atoms with Crippen molar-refractivity contribution >= 4 is 17.5 Å². The molecule has 0 aliphatic heterocycles. The average Bonchev–Trinajstić information content (AvgIpc) is 2.78. The standard InChI is InChI=1S/C23H26O7/c1-2-3-14-30-19(25)15-22(28,20(26)17-10-6-4-7-11-17)23(29,16-24)21(27)18-12-8-5-9-13-18/h4-13,24,28-29H,2-3,14-16H2,1H3/t22-,23+/m0/s1. The van der Waals surface area contributed by atoms with Crippen LogP contribution < -0.4 is 0 Å². The third kappa shape index (κ3) is 4.81. The third-order valence-electron chi connectivity index (χ3n) is 4.90. The van der Waals surface area contributed by atoms with E-state index in [2.05, 4.69) is 0 Å². The Hall–Kier alpha value is -2.87. The molecule has 0 spiro atoms. The van der Waals surface area contributed by atoms with Crippen LogP contribution in [0.5, 0.6) is 0 Å². The number of hydrogen-bond acceptors (Lipinski definition) is 7. The number of carbonyl (C=O) groups is 3. The molecule has 2 rings (SSSR count). The topological polar surface area (TPSA) is 121 Å². The second-order valence-electron chi connectivity index (χ2n) is 7.02. The molecule has 0 unspecified atom stereocenters. The number of hydrogen-bond donors (Lipinski definition) is 3. The Morgan fingerprint density at radius 2 is 1.30 bits per heavy atom. The molecule has 0 aliphatic rings. The van der Waals surface area contributed by atoms with Crippen molar-refractivity contribution in [3.05, 3.63) is 71.8 Å². The molecule has 0 fully saturated rings. The first kappa shape index (κ1) is 23.4. The van der Waals surface area contributed by atoms with Gasteiger partial charge < -0.3 is 20.1 Å². The lowest BCUT2D eigenvalue weighted by atomic mass is 9.71. The zero-order chi connectivity index (χ0) is 22.2. The van der Waals surface area contributed by atoms with E-state index in [0.717, 1.165) is 6.42 Å². The summed E-state index contributed by atoms with van der Waals surface area (Å²) in [6.07, 6.45) is 0.331. The summed E-state index contributed by atoms with van der Waals surface area (Å²) < 4.78 is 5.03. The summed E-state index contributed by atoms with van der Waals surface area (Å²) in [5.41, 5.74) is -5.98. The fourth-order valence-corrected chi connectivity index (χ4v) is 3.05. The van der Waals surface area contributed by atoms with E-state index in [0.29, 0.717) is 6.42 Å². The van der Waals surface area contributed by atoms with E-state index in [-0.39, 0.29) is 17.7 Å². The van der Waals surface area contributed by atoms with E-state index in [4.69, 9.17) is 4.74 Å². The van der Waals surface area contributed by atoms with Gasteiger partial charge in [-0.1, -0.05) is 74.0 Å². The van der Waals surface area contributed by atoms with E-state index < -0.39 is 41.8 Å². The number of carbonyl (C=O) groups excluding carboxylic acids is 3. The number of aliphatic hydroxyl groups is 3. The number of Topliss-reactive ketones (excluding diaryl/α,β-unsaturated/α-hetero) is 2. The normalized spacial score (nSPS) is 14.9. The predicted octanol–water partition coefficient (Wildman–Crippen LogP) is 1.94. The van der Waals surface area contributed by atoms with Crippen molar-refractivity contribution in [2.24, 2.45) is 0 Å². The molecule has 30 heavy (non-hydrogen) atoms. The molecule has 7 heteroatoms. The highest BCUT2D eigenvalue weighted by Crippen LogP contribution is 2.33. The number of esters is 1. The molecule has 0 saturated heterocycles. The molecule has 0 saturated carbocycles. The van der Waals surface area contributed by atoms with Gasteiger partial charge in [0.25, 0.3) is 0 Å². The Morgan fingerprint density at radius 3 is 1.73 bits per heavy atom. The lowest BCUT2D eigenvalue weighted by Gasteiger charge is -2.39. The van der Waals surface area contributed by atoms with Crippen molar-refractivity contribution in [3.63, 3.8) is 0 Å². The Morgan fingerprint density at radius 1 is 0.833 bits per heavy atom. The first-order valence-electron chi connectivity index (χ1n) is 9.71. The molecule has 2 aromatic carbocycles. The average molecular weight is 414 g/mol. The largest absolute Gasteiger partial charge is 0.466 e. The van der Waals surface area contributed by atoms with Gasteiger partial charge in [0.05, 0.1) is 19.6 Å². The smallest absolute Gasteiger partial charge is 0.309 e. The van der Waals surface area contributed by atoms with Crippen molar-refractivity contribution in [1.82, 2.24) is 0 Å². The predicted molar refractivity (Wildman–Crippen MR) is 109 cm³/mol. The van der Waals surface area contributed by atoms with Gasteiger partial charge in [0.15, 0.2) is 22.8 Å². The number of ether oxygens (including phenoxy) is 1. The van der Waals surface area contributed by atoms with Crippen LogP contribution in [0, 0.1) is 0 Å². The number of rotatable bonds is 11. The van der Waals surface area contributed by atoms with Gasteiger partial charge in [0.2, 0.25) is 0 Å². The lowest BCUT2D eigenvalue weighted by Crippen LogP contribution is -2.66. The summed E-state index contributed by atoms with van der Waals surface area (Å²) in [6.45, 7) is 0.680. The Bertz CT molecular complexity index is 866. The minimum Gasteiger partial charge on any atom is -0.466 e. The van der Waals surface area contributed by atoms with E-state index >= 15 is 0 Å². The fraction of sp³-hybridized carbons (Fsp3) is 0.348. The van der Waals surface area contributed by atoms with Crippen LogP contribution in [0.15, 0.2) is 60.7 Å². The summed E-state index contributed by atoms with van der Waals surface area (Å²) in [5.74, 6) is -3.13. The van der Waals surface area contributed by atoms with Gasteiger partial charge in [0, 0.05) is 11.1 Å². The SMILES string of the molecule is CCCCOC(=O)C[C@](O)(C(=O)c1ccccc1)[C@@](O)(CO)C(=O)c1ccccc1. The molecule has 160 valence electrons. The summed E-state index contributed by atoms with van der Waals surface area (Å²) in [6, 6.07) is 14.9. The molecule has 0 aromatic heterocycles. The van der Waals surface area contributed by atoms with Crippen LogP contribution in [0.3, 0.4) is 0 Å².